The van der Waals surface area contributed by atoms with Crippen molar-refractivity contribution < 1.29 is 14.1 Å². The largest absolute Gasteiger partial charge is 0.491 e. The van der Waals surface area contributed by atoms with Crippen LogP contribution in [0.2, 0.25) is 0 Å². The number of aliphatic hydroxyl groups is 1. The van der Waals surface area contributed by atoms with E-state index in [-0.39, 0.29) is 11.4 Å². The fourth-order valence-corrected chi connectivity index (χ4v) is 3.70. The van der Waals surface area contributed by atoms with Crippen molar-refractivity contribution in [3.05, 3.63) is 30.3 Å². The number of nitrogens with zero attached hydrogens (tertiary/aromatic N) is 1. The Hall–Kier alpha value is -0.910. The monoisotopic (exact) mass is 297 g/mol. The Balaban J connectivity index is 1.77. The van der Waals surface area contributed by atoms with Gasteiger partial charge in [-0.25, -0.2) is 0 Å². The highest BCUT2D eigenvalue weighted by Gasteiger charge is 2.33. The minimum atomic E-state index is -0.774. The van der Waals surface area contributed by atoms with Crippen LogP contribution in [0.4, 0.5) is 0 Å². The lowest BCUT2D eigenvalue weighted by Gasteiger charge is -2.38. The van der Waals surface area contributed by atoms with E-state index in [4.69, 9.17) is 4.74 Å². The molecule has 1 aliphatic rings. The van der Waals surface area contributed by atoms with E-state index in [0.717, 1.165) is 18.8 Å². The predicted molar refractivity (Wildman–Crippen MR) is 81.5 cm³/mol. The van der Waals surface area contributed by atoms with Gasteiger partial charge in [0.2, 0.25) is 0 Å². The first-order chi connectivity index (χ1) is 9.47. The van der Waals surface area contributed by atoms with Crippen molar-refractivity contribution in [1.82, 2.24) is 4.90 Å². The second kappa shape index (κ2) is 6.70. The maximum absolute atomic E-state index is 11.9. The first-order valence-electron chi connectivity index (χ1n) is 6.94. The van der Waals surface area contributed by atoms with E-state index in [1.165, 1.54) is 0 Å². The molecule has 2 unspecified atom stereocenters. The Bertz CT molecular complexity index is 450. The van der Waals surface area contributed by atoms with E-state index >= 15 is 0 Å². The SMILES string of the molecule is CC1(C)CN(CC(O)COc2ccccc2)CCS1=O. The quantitative estimate of drug-likeness (QED) is 0.889. The normalized spacial score (nSPS) is 24.2. The zero-order chi connectivity index (χ0) is 14.6. The molecule has 1 N–H and O–H groups in total. The predicted octanol–water partition coefficient (Wildman–Crippen LogP) is 1.27. The van der Waals surface area contributed by atoms with Gasteiger partial charge in [-0.2, -0.15) is 0 Å². The van der Waals surface area contributed by atoms with Crippen LogP contribution in [0.3, 0.4) is 0 Å². The van der Waals surface area contributed by atoms with Crippen LogP contribution in [0.1, 0.15) is 13.8 Å². The lowest BCUT2D eigenvalue weighted by molar-refractivity contribution is 0.0662. The van der Waals surface area contributed by atoms with Crippen molar-refractivity contribution in [1.29, 1.82) is 0 Å². The zero-order valence-corrected chi connectivity index (χ0v) is 12.9. The van der Waals surface area contributed by atoms with Crippen molar-refractivity contribution in [3.63, 3.8) is 0 Å². The fraction of sp³-hybridized carbons (Fsp3) is 0.600. The summed E-state index contributed by atoms with van der Waals surface area (Å²) < 4.78 is 17.2. The highest BCUT2D eigenvalue weighted by molar-refractivity contribution is 7.86. The number of aliphatic hydroxyl groups excluding tert-OH is 1. The summed E-state index contributed by atoms with van der Waals surface area (Å²) in [5.74, 6) is 1.45. The summed E-state index contributed by atoms with van der Waals surface area (Å²) in [6, 6.07) is 9.49. The van der Waals surface area contributed by atoms with Gasteiger partial charge in [-0.1, -0.05) is 18.2 Å². The van der Waals surface area contributed by atoms with Crippen LogP contribution < -0.4 is 4.74 Å². The van der Waals surface area contributed by atoms with Crippen molar-refractivity contribution in [2.75, 3.05) is 32.0 Å². The molecule has 1 aliphatic heterocycles. The summed E-state index contributed by atoms with van der Waals surface area (Å²) in [6.45, 7) is 6.40. The van der Waals surface area contributed by atoms with Crippen molar-refractivity contribution in [3.8, 4) is 5.75 Å². The fourth-order valence-electron chi connectivity index (χ4n) is 2.39. The Morgan fingerprint density at radius 2 is 2.10 bits per heavy atom. The minimum absolute atomic E-state index is 0.196. The highest BCUT2D eigenvalue weighted by atomic mass is 32.2. The Morgan fingerprint density at radius 3 is 2.75 bits per heavy atom. The number of para-hydroxylation sites is 1. The van der Waals surface area contributed by atoms with Crippen LogP contribution in [-0.2, 0) is 10.8 Å². The first kappa shape index (κ1) is 15.5. The summed E-state index contributed by atoms with van der Waals surface area (Å²) in [6.07, 6.45) is -0.530. The van der Waals surface area contributed by atoms with Crippen molar-refractivity contribution >= 4 is 10.8 Å². The van der Waals surface area contributed by atoms with Gasteiger partial charge < -0.3 is 9.84 Å². The molecule has 1 saturated heterocycles. The lowest BCUT2D eigenvalue weighted by Crippen LogP contribution is -2.52. The molecule has 0 radical (unpaired) electrons. The molecule has 1 aromatic rings. The summed E-state index contributed by atoms with van der Waals surface area (Å²) in [4.78, 5) is 2.17. The number of rotatable bonds is 5. The van der Waals surface area contributed by atoms with E-state index in [0.29, 0.717) is 12.3 Å². The van der Waals surface area contributed by atoms with Crippen LogP contribution in [0.15, 0.2) is 30.3 Å². The second-order valence-corrected chi connectivity index (χ2v) is 8.03. The molecular weight excluding hydrogens is 274 g/mol. The van der Waals surface area contributed by atoms with Crippen molar-refractivity contribution in [2.24, 2.45) is 0 Å². The lowest BCUT2D eigenvalue weighted by atomic mass is 10.1. The first-order valence-corrected chi connectivity index (χ1v) is 8.26. The maximum atomic E-state index is 11.9. The molecule has 0 saturated carbocycles. The zero-order valence-electron chi connectivity index (χ0n) is 12.1. The topological polar surface area (TPSA) is 49.8 Å². The molecule has 0 amide bonds. The van der Waals surface area contributed by atoms with Gasteiger partial charge in [0.15, 0.2) is 0 Å². The standard InChI is InChI=1S/C15H23NO3S/c1-15(2)12-16(8-9-20(15)18)10-13(17)11-19-14-6-4-3-5-7-14/h3-7,13,17H,8-12H2,1-2H3. The molecule has 112 valence electrons. The number of ether oxygens (including phenoxy) is 1. The molecule has 1 fully saturated rings. The summed E-state index contributed by atoms with van der Waals surface area (Å²) in [5, 5.41) is 10.1. The van der Waals surface area contributed by atoms with E-state index in [1.54, 1.807) is 0 Å². The van der Waals surface area contributed by atoms with Gasteiger partial charge >= 0.3 is 0 Å². The minimum Gasteiger partial charge on any atom is -0.491 e. The maximum Gasteiger partial charge on any atom is 0.119 e. The summed E-state index contributed by atoms with van der Waals surface area (Å²) >= 11 is 0. The molecule has 0 aromatic heterocycles. The van der Waals surface area contributed by atoms with E-state index in [9.17, 15) is 9.32 Å². The summed E-state index contributed by atoms with van der Waals surface area (Å²) in [7, 11) is -0.774. The molecule has 20 heavy (non-hydrogen) atoms. The molecule has 0 bridgehead atoms. The van der Waals surface area contributed by atoms with Crippen LogP contribution >= 0.6 is 0 Å². The Morgan fingerprint density at radius 1 is 1.40 bits per heavy atom. The molecule has 2 rings (SSSR count). The van der Waals surface area contributed by atoms with Crippen molar-refractivity contribution in [2.45, 2.75) is 24.7 Å². The molecule has 0 aliphatic carbocycles. The average Bonchev–Trinajstić information content (AvgIpc) is 2.41. The van der Waals surface area contributed by atoms with E-state index in [2.05, 4.69) is 4.90 Å². The van der Waals surface area contributed by atoms with Gasteiger partial charge in [-0.05, 0) is 26.0 Å². The second-order valence-electron chi connectivity index (χ2n) is 5.82. The van der Waals surface area contributed by atoms with Crippen LogP contribution in [0, 0.1) is 0 Å². The van der Waals surface area contributed by atoms with Gasteiger partial charge in [0.1, 0.15) is 18.5 Å². The van der Waals surface area contributed by atoms with Crippen LogP contribution in [0.25, 0.3) is 0 Å². The molecule has 5 heteroatoms. The molecule has 0 spiro atoms. The molecule has 1 aromatic carbocycles. The third-order valence-corrected chi connectivity index (χ3v) is 5.38. The third kappa shape index (κ3) is 4.30. The highest BCUT2D eigenvalue weighted by Crippen LogP contribution is 2.20. The van der Waals surface area contributed by atoms with Crippen LogP contribution in [0.5, 0.6) is 5.75 Å². The molecule has 2 atom stereocenters. The number of hydrogen-bond donors (Lipinski definition) is 1. The smallest absolute Gasteiger partial charge is 0.119 e. The average molecular weight is 297 g/mol. The number of β-amino-alcohol motifs (C(OH)–C–C–N with tert-alkyl or cyclic N) is 1. The third-order valence-electron chi connectivity index (χ3n) is 3.47. The Kier molecular flexibility index (Phi) is 5.18. The summed E-state index contributed by atoms with van der Waals surface area (Å²) in [5.41, 5.74) is 0. The van der Waals surface area contributed by atoms with Crippen LogP contribution in [-0.4, -0.2) is 57.1 Å². The molecule has 1 heterocycles. The van der Waals surface area contributed by atoms with E-state index < -0.39 is 16.9 Å². The van der Waals surface area contributed by atoms with Gasteiger partial charge in [-0.15, -0.1) is 0 Å². The molecule has 4 nitrogen and oxygen atoms in total. The van der Waals surface area contributed by atoms with Gasteiger partial charge in [0.05, 0.1) is 4.75 Å². The van der Waals surface area contributed by atoms with E-state index in [1.807, 2.05) is 44.2 Å². The van der Waals surface area contributed by atoms with Gasteiger partial charge in [0, 0.05) is 36.2 Å². The van der Waals surface area contributed by atoms with Gasteiger partial charge in [0.25, 0.3) is 0 Å². The Labute approximate surface area is 123 Å². The van der Waals surface area contributed by atoms with Gasteiger partial charge in [-0.3, -0.25) is 9.11 Å². The number of hydrogen-bond acceptors (Lipinski definition) is 4. The number of benzene rings is 1. The molecular formula is C15H23NO3S.